The maximum absolute atomic E-state index is 13.1. The number of nitrogens with one attached hydrogen (secondary N) is 1. The van der Waals surface area contributed by atoms with E-state index in [2.05, 4.69) is 5.32 Å². The number of benzene rings is 2. The monoisotopic (exact) mass is 477 g/mol. The van der Waals surface area contributed by atoms with Gasteiger partial charge in [-0.3, -0.25) is 19.2 Å². The fourth-order valence-corrected chi connectivity index (χ4v) is 4.65. The van der Waals surface area contributed by atoms with Crippen molar-refractivity contribution >= 4 is 46.6 Å². The lowest BCUT2D eigenvalue weighted by atomic mass is 10.0. The van der Waals surface area contributed by atoms with Gasteiger partial charge in [-0.1, -0.05) is 23.7 Å². The van der Waals surface area contributed by atoms with Crippen LogP contribution in [-0.2, 0) is 4.79 Å². The minimum Gasteiger partial charge on any atom is -0.459 e. The summed E-state index contributed by atoms with van der Waals surface area (Å²) < 4.78 is 5.21. The van der Waals surface area contributed by atoms with Crippen molar-refractivity contribution in [2.75, 3.05) is 16.8 Å². The molecule has 1 aromatic heterocycles. The minimum absolute atomic E-state index is 0.138. The molecule has 0 bridgehead atoms. The first-order valence-corrected chi connectivity index (χ1v) is 11.3. The van der Waals surface area contributed by atoms with Crippen LogP contribution in [0, 0.1) is 0 Å². The molecule has 0 spiro atoms. The van der Waals surface area contributed by atoms with Gasteiger partial charge in [-0.15, -0.1) is 0 Å². The summed E-state index contributed by atoms with van der Waals surface area (Å²) in [6, 6.07) is 13.7. The second-order valence-electron chi connectivity index (χ2n) is 8.13. The number of carbonyl (C=O) groups is 4. The molecule has 0 aliphatic carbocycles. The Balaban J connectivity index is 1.34. The average molecular weight is 478 g/mol. The number of piperidine rings is 1. The SMILES string of the molecule is O=C(Nc1ccc(N2C(=O)c3ccccc3C2=O)c(Cl)c1)C1CCCCN1C(=O)c1ccco1. The van der Waals surface area contributed by atoms with E-state index in [-0.39, 0.29) is 28.3 Å². The maximum Gasteiger partial charge on any atom is 0.290 e. The molecule has 1 fully saturated rings. The lowest BCUT2D eigenvalue weighted by Crippen LogP contribution is -2.49. The summed E-state index contributed by atoms with van der Waals surface area (Å²) in [5.74, 6) is -1.39. The molecule has 2 aliphatic rings. The van der Waals surface area contributed by atoms with E-state index >= 15 is 0 Å². The van der Waals surface area contributed by atoms with Gasteiger partial charge in [0.15, 0.2) is 5.76 Å². The Morgan fingerprint density at radius 2 is 1.71 bits per heavy atom. The second-order valence-corrected chi connectivity index (χ2v) is 8.54. The molecule has 8 nitrogen and oxygen atoms in total. The van der Waals surface area contributed by atoms with Crippen molar-refractivity contribution < 1.29 is 23.6 Å². The fourth-order valence-electron chi connectivity index (χ4n) is 4.39. The second kappa shape index (κ2) is 8.79. The molecule has 3 aromatic rings. The minimum atomic E-state index is -0.652. The number of carbonyl (C=O) groups excluding carboxylic acids is 4. The standard InChI is InChI=1S/C25H20ClN3O5/c26-18-14-15(10-11-19(18)29-23(31)16-6-1-2-7-17(16)24(29)32)27-22(30)20-8-3-4-12-28(20)25(33)21-9-5-13-34-21/h1-2,5-7,9-11,13-14,20H,3-4,8,12H2,(H,27,30). The van der Waals surface area contributed by atoms with Crippen molar-refractivity contribution in [2.24, 2.45) is 0 Å². The Morgan fingerprint density at radius 3 is 2.35 bits per heavy atom. The molecule has 1 atom stereocenters. The fraction of sp³-hybridized carbons (Fsp3) is 0.200. The highest BCUT2D eigenvalue weighted by atomic mass is 35.5. The van der Waals surface area contributed by atoms with Crippen molar-refractivity contribution in [3.63, 3.8) is 0 Å². The molecular weight excluding hydrogens is 458 g/mol. The lowest BCUT2D eigenvalue weighted by Gasteiger charge is -2.34. The summed E-state index contributed by atoms with van der Waals surface area (Å²) in [6.45, 7) is 0.455. The Labute approximate surface area is 200 Å². The molecule has 172 valence electrons. The molecule has 34 heavy (non-hydrogen) atoms. The van der Waals surface area contributed by atoms with Gasteiger partial charge >= 0.3 is 0 Å². The number of hydrogen-bond acceptors (Lipinski definition) is 5. The van der Waals surface area contributed by atoms with Crippen LogP contribution in [0.5, 0.6) is 0 Å². The quantitative estimate of drug-likeness (QED) is 0.562. The van der Waals surface area contributed by atoms with Crippen molar-refractivity contribution in [3.8, 4) is 0 Å². The van der Waals surface area contributed by atoms with Crippen LogP contribution in [0.15, 0.2) is 65.3 Å². The van der Waals surface area contributed by atoms with Crippen molar-refractivity contribution in [2.45, 2.75) is 25.3 Å². The van der Waals surface area contributed by atoms with Gasteiger partial charge in [0, 0.05) is 12.2 Å². The van der Waals surface area contributed by atoms with Gasteiger partial charge in [0.05, 0.1) is 28.1 Å². The molecule has 4 amide bonds. The summed E-state index contributed by atoms with van der Waals surface area (Å²) in [5.41, 5.74) is 1.27. The van der Waals surface area contributed by atoms with Gasteiger partial charge in [0.1, 0.15) is 6.04 Å². The van der Waals surface area contributed by atoms with Crippen LogP contribution in [-0.4, -0.2) is 41.1 Å². The number of anilines is 2. The van der Waals surface area contributed by atoms with Gasteiger partial charge < -0.3 is 14.6 Å². The lowest BCUT2D eigenvalue weighted by molar-refractivity contribution is -0.121. The van der Waals surface area contributed by atoms with E-state index in [1.165, 1.54) is 23.3 Å². The number of hydrogen-bond donors (Lipinski definition) is 1. The number of nitrogens with zero attached hydrogens (tertiary/aromatic N) is 2. The van der Waals surface area contributed by atoms with E-state index in [1.807, 2.05) is 0 Å². The number of amides is 4. The molecule has 2 aliphatic heterocycles. The largest absolute Gasteiger partial charge is 0.459 e. The van der Waals surface area contributed by atoms with E-state index in [1.54, 1.807) is 42.5 Å². The predicted octanol–water partition coefficient (Wildman–Crippen LogP) is 4.37. The Kier molecular flexibility index (Phi) is 5.67. The molecular formula is C25H20ClN3O5. The number of rotatable bonds is 4. The van der Waals surface area contributed by atoms with Crippen LogP contribution >= 0.6 is 11.6 Å². The topological polar surface area (TPSA) is 99.9 Å². The molecule has 1 unspecified atom stereocenters. The number of furan rings is 1. The highest BCUT2D eigenvalue weighted by molar-refractivity contribution is 6.40. The predicted molar refractivity (Wildman–Crippen MR) is 125 cm³/mol. The smallest absolute Gasteiger partial charge is 0.290 e. The van der Waals surface area contributed by atoms with E-state index in [0.29, 0.717) is 29.8 Å². The van der Waals surface area contributed by atoms with E-state index in [9.17, 15) is 19.2 Å². The zero-order valence-corrected chi connectivity index (χ0v) is 18.7. The van der Waals surface area contributed by atoms with Crippen LogP contribution < -0.4 is 10.2 Å². The summed E-state index contributed by atoms with van der Waals surface area (Å²) in [6.07, 6.45) is 3.57. The van der Waals surface area contributed by atoms with E-state index in [4.69, 9.17) is 16.0 Å². The van der Waals surface area contributed by atoms with Crippen LogP contribution in [0.25, 0.3) is 0 Å². The van der Waals surface area contributed by atoms with Crippen molar-refractivity contribution in [3.05, 3.63) is 82.8 Å². The third-order valence-electron chi connectivity index (χ3n) is 6.05. The normalized spacial score (nSPS) is 17.6. The van der Waals surface area contributed by atoms with Crippen molar-refractivity contribution in [1.29, 1.82) is 0 Å². The highest BCUT2D eigenvalue weighted by Crippen LogP contribution is 2.35. The summed E-state index contributed by atoms with van der Waals surface area (Å²) in [4.78, 5) is 53.9. The van der Waals surface area contributed by atoms with E-state index < -0.39 is 17.9 Å². The Morgan fingerprint density at radius 1 is 0.971 bits per heavy atom. The van der Waals surface area contributed by atoms with Crippen LogP contribution in [0.1, 0.15) is 50.5 Å². The number of imide groups is 1. The molecule has 0 radical (unpaired) electrons. The summed E-state index contributed by atoms with van der Waals surface area (Å²) >= 11 is 6.42. The summed E-state index contributed by atoms with van der Waals surface area (Å²) in [7, 11) is 0. The first-order valence-electron chi connectivity index (χ1n) is 10.9. The zero-order chi connectivity index (χ0) is 23.8. The van der Waals surface area contributed by atoms with Gasteiger partial charge in [0.25, 0.3) is 17.7 Å². The Hall–Kier alpha value is -3.91. The average Bonchev–Trinajstić information content (AvgIpc) is 3.47. The number of likely N-dealkylation sites (tertiary alicyclic amines) is 1. The zero-order valence-electron chi connectivity index (χ0n) is 18.0. The molecule has 1 saturated heterocycles. The van der Waals surface area contributed by atoms with Crippen molar-refractivity contribution in [1.82, 2.24) is 4.90 Å². The first-order chi connectivity index (χ1) is 16.5. The Bertz CT molecular complexity index is 1270. The van der Waals surface area contributed by atoms with Crippen LogP contribution in [0.2, 0.25) is 5.02 Å². The highest BCUT2D eigenvalue weighted by Gasteiger charge is 2.38. The molecule has 0 saturated carbocycles. The van der Waals surface area contributed by atoms with Crippen LogP contribution in [0.3, 0.4) is 0 Å². The third-order valence-corrected chi connectivity index (χ3v) is 6.35. The molecule has 9 heteroatoms. The molecule has 1 N–H and O–H groups in total. The summed E-state index contributed by atoms with van der Waals surface area (Å²) in [5, 5.41) is 2.94. The van der Waals surface area contributed by atoms with E-state index in [0.717, 1.165) is 17.7 Å². The first kappa shape index (κ1) is 21.9. The number of fused-ring (bicyclic) bond motifs is 1. The molecule has 3 heterocycles. The van der Waals surface area contributed by atoms with Gasteiger partial charge in [-0.05, 0) is 61.7 Å². The maximum atomic E-state index is 13.1. The van der Waals surface area contributed by atoms with Crippen LogP contribution in [0.4, 0.5) is 11.4 Å². The molecule has 5 rings (SSSR count). The number of halogens is 1. The third kappa shape index (κ3) is 3.76. The van der Waals surface area contributed by atoms with Gasteiger partial charge in [-0.25, -0.2) is 4.90 Å². The molecule has 2 aromatic carbocycles. The van der Waals surface area contributed by atoms with Gasteiger partial charge in [0.2, 0.25) is 5.91 Å². The van der Waals surface area contributed by atoms with Gasteiger partial charge in [-0.2, -0.15) is 0 Å².